The van der Waals surface area contributed by atoms with Crippen LogP contribution in [0.2, 0.25) is 0 Å². The van der Waals surface area contributed by atoms with E-state index in [-0.39, 0.29) is 22.9 Å². The summed E-state index contributed by atoms with van der Waals surface area (Å²) >= 11 is 4.29. The molecule has 0 heterocycles. The van der Waals surface area contributed by atoms with Gasteiger partial charge in [-0.1, -0.05) is 15.9 Å². The lowest BCUT2D eigenvalue weighted by Crippen LogP contribution is -2.24. The molecule has 0 saturated carbocycles. The van der Waals surface area contributed by atoms with Gasteiger partial charge >= 0.3 is 12.3 Å². The van der Waals surface area contributed by atoms with Crippen LogP contribution in [-0.2, 0) is 12.7 Å². The Labute approximate surface area is 161 Å². The maximum Gasteiger partial charge on any atom is 0.417 e. The molecule has 0 atom stereocenters. The summed E-state index contributed by atoms with van der Waals surface area (Å²) < 4.78 is 45.9. The van der Waals surface area contributed by atoms with Crippen LogP contribution in [0.4, 0.5) is 18.0 Å². The second-order valence-corrected chi connectivity index (χ2v) is 7.12. The van der Waals surface area contributed by atoms with E-state index in [9.17, 15) is 18.0 Å². The highest BCUT2D eigenvalue weighted by Gasteiger charge is 2.33. The lowest BCUT2D eigenvalue weighted by molar-refractivity contribution is -0.139. The van der Waals surface area contributed by atoms with Crippen molar-refractivity contribution in [3.63, 3.8) is 0 Å². The highest BCUT2D eigenvalue weighted by molar-refractivity contribution is 9.10. The van der Waals surface area contributed by atoms with Crippen LogP contribution in [0.1, 0.15) is 11.1 Å². The number of ether oxygens (including phenoxy) is 1. The highest BCUT2D eigenvalue weighted by Crippen LogP contribution is 2.39. The maximum atomic E-state index is 13.2. The van der Waals surface area contributed by atoms with E-state index in [0.717, 1.165) is 22.7 Å². The molecule has 0 aromatic heterocycles. The van der Waals surface area contributed by atoms with E-state index in [2.05, 4.69) is 15.9 Å². The van der Waals surface area contributed by atoms with Gasteiger partial charge in [0, 0.05) is 22.0 Å². The van der Waals surface area contributed by atoms with Crippen LogP contribution in [0.5, 0.6) is 11.5 Å². The third kappa shape index (κ3) is 5.07. The first-order valence-electron chi connectivity index (χ1n) is 7.27. The lowest BCUT2D eigenvalue weighted by atomic mass is 10.1. The minimum absolute atomic E-state index is 0.0247. The Morgan fingerprint density at radius 1 is 1.27 bits per heavy atom. The van der Waals surface area contributed by atoms with E-state index >= 15 is 0 Å². The van der Waals surface area contributed by atoms with Crippen LogP contribution in [0, 0.1) is 0 Å². The first-order valence-corrected chi connectivity index (χ1v) is 9.29. The van der Waals surface area contributed by atoms with Crippen molar-refractivity contribution in [1.29, 1.82) is 0 Å². The van der Waals surface area contributed by atoms with Gasteiger partial charge in [-0.05, 0) is 42.7 Å². The van der Waals surface area contributed by atoms with Crippen molar-refractivity contribution in [3.05, 3.63) is 52.0 Å². The molecule has 0 aliphatic carbocycles. The third-order valence-electron chi connectivity index (χ3n) is 3.46. The predicted molar refractivity (Wildman–Crippen MR) is 96.9 cm³/mol. The van der Waals surface area contributed by atoms with Gasteiger partial charge in [-0.2, -0.15) is 13.2 Å². The molecule has 0 radical (unpaired) electrons. The average molecular weight is 450 g/mol. The van der Waals surface area contributed by atoms with Gasteiger partial charge in [-0.3, -0.25) is 0 Å². The minimum atomic E-state index is -4.50. The molecule has 0 aliphatic heterocycles. The molecular formula is C17H15BrF3NO3S. The zero-order valence-electron chi connectivity index (χ0n) is 13.8. The Kier molecular flexibility index (Phi) is 6.46. The average Bonchev–Trinajstić information content (AvgIpc) is 2.56. The van der Waals surface area contributed by atoms with Gasteiger partial charge in [0.1, 0.15) is 11.5 Å². The Morgan fingerprint density at radius 2 is 1.96 bits per heavy atom. The van der Waals surface area contributed by atoms with E-state index in [0.29, 0.717) is 10.0 Å². The number of thioether (sulfide) groups is 1. The number of halogens is 4. The molecule has 9 heteroatoms. The molecule has 0 bridgehead atoms. The van der Waals surface area contributed by atoms with E-state index in [1.54, 1.807) is 24.5 Å². The predicted octanol–water partition coefficient (Wildman–Crippen LogP) is 6.09. The van der Waals surface area contributed by atoms with Crippen molar-refractivity contribution >= 4 is 33.8 Å². The van der Waals surface area contributed by atoms with Gasteiger partial charge in [0.2, 0.25) is 0 Å². The van der Waals surface area contributed by atoms with Crippen molar-refractivity contribution in [3.8, 4) is 11.5 Å². The summed E-state index contributed by atoms with van der Waals surface area (Å²) in [5.41, 5.74) is -0.254. The molecule has 140 valence electrons. The Balaban J connectivity index is 2.38. The normalized spacial score (nSPS) is 11.3. The summed E-state index contributed by atoms with van der Waals surface area (Å²) in [5.74, 6) is 0.308. The Bertz CT molecular complexity index is 814. The third-order valence-corrected chi connectivity index (χ3v) is 4.75. The molecule has 1 amide bonds. The summed E-state index contributed by atoms with van der Waals surface area (Å²) in [6.45, 7) is 0.0269. The van der Waals surface area contributed by atoms with Gasteiger partial charge in [0.15, 0.2) is 0 Å². The standard InChI is InChI=1S/C17H15BrF3NO3S/c1-22(16(23)24)9-10-7-11(18)3-5-14(10)25-12-4-6-15(26-2)13(8-12)17(19,20)21/h3-8H,9H2,1-2H3,(H,23,24). The summed E-state index contributed by atoms with van der Waals surface area (Å²) in [6.07, 6.45) is -4.05. The summed E-state index contributed by atoms with van der Waals surface area (Å²) in [6, 6.07) is 8.65. The van der Waals surface area contributed by atoms with E-state index in [4.69, 9.17) is 9.84 Å². The molecule has 0 saturated heterocycles. The molecule has 0 spiro atoms. The number of alkyl halides is 3. The number of nitrogens with zero attached hydrogens (tertiary/aromatic N) is 1. The molecule has 0 aliphatic rings. The summed E-state index contributed by atoms with van der Waals surface area (Å²) in [7, 11) is 1.39. The first-order chi connectivity index (χ1) is 12.1. The highest BCUT2D eigenvalue weighted by atomic mass is 79.9. The zero-order valence-corrected chi connectivity index (χ0v) is 16.2. The molecule has 4 nitrogen and oxygen atoms in total. The monoisotopic (exact) mass is 449 g/mol. The second kappa shape index (κ2) is 8.22. The largest absolute Gasteiger partial charge is 0.465 e. The number of hydrogen-bond donors (Lipinski definition) is 1. The van der Waals surface area contributed by atoms with Gasteiger partial charge in [-0.25, -0.2) is 4.79 Å². The number of benzene rings is 2. The fourth-order valence-corrected chi connectivity index (χ4v) is 3.20. The fourth-order valence-electron chi connectivity index (χ4n) is 2.19. The van der Waals surface area contributed by atoms with Crippen LogP contribution in [0.25, 0.3) is 0 Å². The number of hydrogen-bond acceptors (Lipinski definition) is 3. The first kappa shape index (κ1) is 20.4. The molecular weight excluding hydrogens is 435 g/mol. The van der Waals surface area contributed by atoms with Crippen LogP contribution in [0.3, 0.4) is 0 Å². The van der Waals surface area contributed by atoms with E-state index in [1.165, 1.54) is 19.2 Å². The molecule has 26 heavy (non-hydrogen) atoms. The fraction of sp³-hybridized carbons (Fsp3) is 0.235. The van der Waals surface area contributed by atoms with Crippen molar-refractivity contribution < 1.29 is 27.8 Å². The SMILES string of the molecule is CSc1ccc(Oc2ccc(Br)cc2CN(C)C(=O)O)cc1C(F)(F)F. The van der Waals surface area contributed by atoms with Gasteiger partial charge in [0.25, 0.3) is 0 Å². The number of amides is 1. The second-order valence-electron chi connectivity index (χ2n) is 5.35. The minimum Gasteiger partial charge on any atom is -0.465 e. The van der Waals surface area contributed by atoms with Crippen molar-refractivity contribution in [2.75, 3.05) is 13.3 Å². The van der Waals surface area contributed by atoms with Crippen LogP contribution in [0.15, 0.2) is 45.8 Å². The summed E-state index contributed by atoms with van der Waals surface area (Å²) in [4.78, 5) is 12.2. The number of carbonyl (C=O) groups is 1. The molecule has 2 aromatic carbocycles. The topological polar surface area (TPSA) is 49.8 Å². The van der Waals surface area contributed by atoms with Gasteiger partial charge < -0.3 is 14.7 Å². The Hall–Kier alpha value is -1.87. The summed E-state index contributed by atoms with van der Waals surface area (Å²) in [5, 5.41) is 9.02. The number of carboxylic acid groups (broad SMARTS) is 1. The molecule has 1 N–H and O–H groups in total. The van der Waals surface area contributed by atoms with E-state index < -0.39 is 17.8 Å². The van der Waals surface area contributed by atoms with Crippen molar-refractivity contribution in [1.82, 2.24) is 4.90 Å². The maximum absolute atomic E-state index is 13.2. The Morgan fingerprint density at radius 3 is 2.54 bits per heavy atom. The molecule has 2 aromatic rings. The van der Waals surface area contributed by atoms with Gasteiger partial charge in [0.05, 0.1) is 12.1 Å². The molecule has 0 fully saturated rings. The number of rotatable bonds is 5. The smallest absolute Gasteiger partial charge is 0.417 e. The van der Waals surface area contributed by atoms with Crippen LogP contribution < -0.4 is 4.74 Å². The van der Waals surface area contributed by atoms with E-state index in [1.807, 2.05) is 0 Å². The van der Waals surface area contributed by atoms with Crippen molar-refractivity contribution in [2.45, 2.75) is 17.6 Å². The van der Waals surface area contributed by atoms with Crippen LogP contribution in [-0.4, -0.2) is 29.4 Å². The van der Waals surface area contributed by atoms with Crippen molar-refractivity contribution in [2.24, 2.45) is 0 Å². The molecule has 0 unspecified atom stereocenters. The quantitative estimate of drug-likeness (QED) is 0.560. The zero-order chi connectivity index (χ0) is 19.5. The van der Waals surface area contributed by atoms with Gasteiger partial charge in [-0.15, -0.1) is 11.8 Å². The lowest BCUT2D eigenvalue weighted by Gasteiger charge is -2.18. The molecule has 2 rings (SSSR count). The van der Waals surface area contributed by atoms with Crippen LogP contribution >= 0.6 is 27.7 Å².